The molecule has 2 aromatic rings. The van der Waals surface area contributed by atoms with Gasteiger partial charge in [-0.1, -0.05) is 48.0 Å². The van der Waals surface area contributed by atoms with E-state index in [0.29, 0.717) is 13.1 Å². The van der Waals surface area contributed by atoms with Crippen LogP contribution in [0.4, 0.5) is 0 Å². The summed E-state index contributed by atoms with van der Waals surface area (Å²) in [7, 11) is 0. The summed E-state index contributed by atoms with van der Waals surface area (Å²) in [6.45, 7) is 3.46. The molecule has 2 aliphatic rings. The van der Waals surface area contributed by atoms with Crippen molar-refractivity contribution < 1.29 is 9.90 Å². The number of aliphatic hydroxyl groups excluding tert-OH is 1. The van der Waals surface area contributed by atoms with Gasteiger partial charge in [0.1, 0.15) is 0 Å². The number of piperidine rings is 1. The maximum Gasteiger partial charge on any atom is 0.254 e. The number of likely N-dealkylation sites (tertiary alicyclic amines) is 1. The lowest BCUT2D eigenvalue weighted by Crippen LogP contribution is -2.47. The van der Waals surface area contributed by atoms with Crippen LogP contribution < -0.4 is 0 Å². The molecule has 1 saturated heterocycles. The fourth-order valence-electron chi connectivity index (χ4n) is 4.34. The molecule has 1 N–H and O–H groups in total. The predicted octanol–water partition coefficient (Wildman–Crippen LogP) is 3.43. The van der Waals surface area contributed by atoms with E-state index in [2.05, 4.69) is 37.3 Å². The Bertz CT molecular complexity index is 754. The van der Waals surface area contributed by atoms with Crippen molar-refractivity contribution in [2.75, 3.05) is 13.1 Å². The topological polar surface area (TPSA) is 40.5 Å². The first-order valence-corrected chi connectivity index (χ1v) is 9.22. The van der Waals surface area contributed by atoms with E-state index in [1.807, 2.05) is 23.1 Å². The van der Waals surface area contributed by atoms with E-state index in [1.54, 1.807) is 0 Å². The zero-order valence-corrected chi connectivity index (χ0v) is 14.7. The smallest absolute Gasteiger partial charge is 0.254 e. The van der Waals surface area contributed by atoms with Gasteiger partial charge in [0, 0.05) is 30.5 Å². The first-order valence-electron chi connectivity index (χ1n) is 9.22. The molecule has 3 heteroatoms. The first-order chi connectivity index (χ1) is 12.1. The van der Waals surface area contributed by atoms with E-state index in [1.165, 1.54) is 11.1 Å². The average Bonchev–Trinajstić information content (AvgIpc) is 2.84. The van der Waals surface area contributed by atoms with Crippen LogP contribution in [0.15, 0.2) is 48.5 Å². The summed E-state index contributed by atoms with van der Waals surface area (Å²) in [5.41, 5.74) is 4.35. The van der Waals surface area contributed by atoms with Gasteiger partial charge in [0.15, 0.2) is 0 Å². The number of rotatable bonds is 3. The third-order valence-electron chi connectivity index (χ3n) is 5.83. The van der Waals surface area contributed by atoms with Crippen LogP contribution in [0.1, 0.15) is 39.9 Å². The second kappa shape index (κ2) is 6.64. The fourth-order valence-corrected chi connectivity index (χ4v) is 4.34. The summed E-state index contributed by atoms with van der Waals surface area (Å²) in [5, 5.41) is 10.2. The van der Waals surface area contributed by atoms with Gasteiger partial charge in [0.2, 0.25) is 0 Å². The van der Waals surface area contributed by atoms with Gasteiger partial charge in [-0.3, -0.25) is 4.79 Å². The van der Waals surface area contributed by atoms with E-state index >= 15 is 0 Å². The Morgan fingerprint density at radius 1 is 1.04 bits per heavy atom. The molecule has 4 rings (SSSR count). The molecule has 1 aliphatic carbocycles. The molecule has 2 bridgehead atoms. The van der Waals surface area contributed by atoms with Crippen molar-refractivity contribution in [3.8, 4) is 0 Å². The highest BCUT2D eigenvalue weighted by Crippen LogP contribution is 2.37. The summed E-state index contributed by atoms with van der Waals surface area (Å²) in [5.74, 6) is 0.630. The second-order valence-corrected chi connectivity index (χ2v) is 7.62. The molecule has 0 aromatic heterocycles. The van der Waals surface area contributed by atoms with E-state index in [9.17, 15) is 9.90 Å². The number of fused-ring (bicyclic) bond motifs is 2. The number of hydrogen-bond donors (Lipinski definition) is 1. The molecule has 1 aliphatic heterocycles. The first kappa shape index (κ1) is 16.3. The van der Waals surface area contributed by atoms with Crippen LogP contribution in [0, 0.1) is 18.8 Å². The zero-order chi connectivity index (χ0) is 17.4. The van der Waals surface area contributed by atoms with E-state index in [4.69, 9.17) is 0 Å². The lowest BCUT2D eigenvalue weighted by molar-refractivity contribution is 0.0166. The van der Waals surface area contributed by atoms with E-state index < -0.39 is 0 Å². The van der Waals surface area contributed by atoms with Crippen LogP contribution >= 0.6 is 0 Å². The number of carbonyl (C=O) groups excluding carboxylic acids is 1. The van der Waals surface area contributed by atoms with Gasteiger partial charge in [-0.25, -0.2) is 0 Å². The maximum absolute atomic E-state index is 13.1. The van der Waals surface area contributed by atoms with Crippen molar-refractivity contribution in [2.24, 2.45) is 11.8 Å². The van der Waals surface area contributed by atoms with Gasteiger partial charge in [0.05, 0.1) is 6.10 Å². The molecule has 2 atom stereocenters. The lowest BCUT2D eigenvalue weighted by Gasteiger charge is -2.35. The largest absolute Gasteiger partial charge is 0.392 e. The Morgan fingerprint density at radius 2 is 1.68 bits per heavy atom. The highest BCUT2D eigenvalue weighted by atomic mass is 16.3. The minimum Gasteiger partial charge on any atom is -0.392 e. The number of amides is 1. The molecule has 1 heterocycles. The highest BCUT2D eigenvalue weighted by molar-refractivity contribution is 5.96. The number of nitrogens with zero attached hydrogens (tertiary/aromatic N) is 1. The molecule has 2 aromatic carbocycles. The summed E-state index contributed by atoms with van der Waals surface area (Å²) >= 11 is 0. The minimum atomic E-state index is -0.216. The van der Waals surface area contributed by atoms with Crippen molar-refractivity contribution in [2.45, 2.75) is 32.3 Å². The van der Waals surface area contributed by atoms with Gasteiger partial charge in [-0.2, -0.15) is 0 Å². The number of hydrogen-bond acceptors (Lipinski definition) is 2. The van der Waals surface area contributed by atoms with Crippen LogP contribution in [0.5, 0.6) is 0 Å². The summed E-state index contributed by atoms with van der Waals surface area (Å²) in [6.07, 6.45) is 2.64. The molecule has 3 nitrogen and oxygen atoms in total. The molecule has 2 unspecified atom stereocenters. The third kappa shape index (κ3) is 3.21. The normalized spacial score (nSPS) is 25.2. The van der Waals surface area contributed by atoms with Crippen molar-refractivity contribution in [3.05, 3.63) is 70.8 Å². The van der Waals surface area contributed by atoms with Crippen molar-refractivity contribution in [1.29, 1.82) is 0 Å². The zero-order valence-electron chi connectivity index (χ0n) is 14.7. The summed E-state index contributed by atoms with van der Waals surface area (Å²) in [4.78, 5) is 15.1. The Kier molecular flexibility index (Phi) is 4.34. The van der Waals surface area contributed by atoms with Crippen LogP contribution in [-0.4, -0.2) is 35.1 Å². The second-order valence-electron chi connectivity index (χ2n) is 7.62. The molecular formula is C22H25NO2. The molecule has 130 valence electrons. The van der Waals surface area contributed by atoms with Gasteiger partial charge in [0.25, 0.3) is 5.91 Å². The molecular weight excluding hydrogens is 310 g/mol. The number of aryl methyl sites for hydroxylation is 1. The molecule has 0 spiro atoms. The number of carbonyl (C=O) groups is 1. The van der Waals surface area contributed by atoms with Gasteiger partial charge >= 0.3 is 0 Å². The Morgan fingerprint density at radius 3 is 2.36 bits per heavy atom. The van der Waals surface area contributed by atoms with Crippen LogP contribution in [0.3, 0.4) is 0 Å². The quantitative estimate of drug-likeness (QED) is 0.933. The lowest BCUT2D eigenvalue weighted by atomic mass is 9.93. The van der Waals surface area contributed by atoms with Crippen LogP contribution in [0.2, 0.25) is 0 Å². The van der Waals surface area contributed by atoms with Gasteiger partial charge in [-0.05, 0) is 43.4 Å². The van der Waals surface area contributed by atoms with Gasteiger partial charge < -0.3 is 10.0 Å². The highest BCUT2D eigenvalue weighted by Gasteiger charge is 2.42. The number of aliphatic hydroxyl groups is 1. The van der Waals surface area contributed by atoms with E-state index in [0.717, 1.165) is 30.4 Å². The minimum absolute atomic E-state index is 0.117. The molecule has 1 amide bonds. The molecule has 0 radical (unpaired) electrons. The Hall–Kier alpha value is -2.13. The molecule has 25 heavy (non-hydrogen) atoms. The summed E-state index contributed by atoms with van der Waals surface area (Å²) < 4.78 is 0. The SMILES string of the molecule is Cc1ccc(Cc2ccccc2C(=O)N2CC3CCC(C2)C3O)cc1. The van der Waals surface area contributed by atoms with Gasteiger partial charge in [-0.15, -0.1) is 0 Å². The molecule has 2 fully saturated rings. The third-order valence-corrected chi connectivity index (χ3v) is 5.83. The maximum atomic E-state index is 13.1. The average molecular weight is 335 g/mol. The van der Waals surface area contributed by atoms with Crippen molar-refractivity contribution >= 4 is 5.91 Å². The Balaban J connectivity index is 1.56. The fraction of sp³-hybridized carbons (Fsp3) is 0.409. The molecule has 1 saturated carbocycles. The standard InChI is InChI=1S/C22H25NO2/c1-15-6-8-16(9-7-15)12-17-4-2-3-5-20(17)22(25)23-13-18-10-11-19(14-23)21(18)24/h2-9,18-19,21,24H,10-14H2,1H3. The Labute approximate surface area is 149 Å². The van der Waals surface area contributed by atoms with Crippen LogP contribution in [0.25, 0.3) is 0 Å². The van der Waals surface area contributed by atoms with E-state index in [-0.39, 0.29) is 23.8 Å². The van der Waals surface area contributed by atoms with Crippen molar-refractivity contribution in [1.82, 2.24) is 4.90 Å². The number of benzene rings is 2. The predicted molar refractivity (Wildman–Crippen MR) is 98.6 cm³/mol. The van der Waals surface area contributed by atoms with Crippen LogP contribution in [-0.2, 0) is 6.42 Å². The monoisotopic (exact) mass is 335 g/mol. The summed E-state index contributed by atoms with van der Waals surface area (Å²) in [6, 6.07) is 16.4. The van der Waals surface area contributed by atoms with Crippen molar-refractivity contribution in [3.63, 3.8) is 0 Å².